The average Bonchev–Trinajstić information content (AvgIpc) is 2.27. The number of nitrogens with zero attached hydrogens (tertiary/aromatic N) is 1. The SMILES string of the molecule is CCC1CCC(=O)C(CN(CC)C(C)C)C1. The molecule has 16 heavy (non-hydrogen) atoms. The second-order valence-corrected chi connectivity index (χ2v) is 5.39. The van der Waals surface area contributed by atoms with Gasteiger partial charge in [-0.2, -0.15) is 0 Å². The first-order chi connectivity index (χ1) is 7.58. The van der Waals surface area contributed by atoms with Crippen molar-refractivity contribution in [2.24, 2.45) is 11.8 Å². The Balaban J connectivity index is 2.52. The fourth-order valence-electron chi connectivity index (χ4n) is 2.74. The van der Waals surface area contributed by atoms with Crippen molar-refractivity contribution in [3.8, 4) is 0 Å². The van der Waals surface area contributed by atoms with E-state index in [9.17, 15) is 4.79 Å². The van der Waals surface area contributed by atoms with Crippen molar-refractivity contribution >= 4 is 5.78 Å². The van der Waals surface area contributed by atoms with Gasteiger partial charge in [-0.15, -0.1) is 0 Å². The molecule has 1 aliphatic carbocycles. The zero-order valence-electron chi connectivity index (χ0n) is 11.3. The molecular formula is C14H27NO. The smallest absolute Gasteiger partial charge is 0.137 e. The van der Waals surface area contributed by atoms with Crippen LogP contribution >= 0.6 is 0 Å². The largest absolute Gasteiger partial charge is 0.300 e. The molecule has 0 aromatic rings. The molecule has 2 unspecified atom stereocenters. The molecule has 0 spiro atoms. The van der Waals surface area contributed by atoms with Gasteiger partial charge in [-0.25, -0.2) is 0 Å². The summed E-state index contributed by atoms with van der Waals surface area (Å²) in [4.78, 5) is 14.3. The minimum atomic E-state index is 0.307. The van der Waals surface area contributed by atoms with Crippen molar-refractivity contribution in [3.05, 3.63) is 0 Å². The van der Waals surface area contributed by atoms with Crippen molar-refractivity contribution in [2.75, 3.05) is 13.1 Å². The minimum absolute atomic E-state index is 0.307. The molecule has 0 N–H and O–H groups in total. The number of rotatable bonds is 5. The fraction of sp³-hybridized carbons (Fsp3) is 0.929. The van der Waals surface area contributed by atoms with Gasteiger partial charge in [0.05, 0.1) is 0 Å². The van der Waals surface area contributed by atoms with Crippen LogP contribution in [0.2, 0.25) is 0 Å². The van der Waals surface area contributed by atoms with Gasteiger partial charge in [-0.1, -0.05) is 20.3 Å². The molecule has 2 atom stereocenters. The monoisotopic (exact) mass is 225 g/mol. The first-order valence-electron chi connectivity index (χ1n) is 6.85. The Hall–Kier alpha value is -0.370. The molecule has 1 fully saturated rings. The van der Waals surface area contributed by atoms with Crippen LogP contribution in [0.15, 0.2) is 0 Å². The van der Waals surface area contributed by atoms with Crippen molar-refractivity contribution in [1.82, 2.24) is 4.90 Å². The predicted molar refractivity (Wildman–Crippen MR) is 68.5 cm³/mol. The summed E-state index contributed by atoms with van der Waals surface area (Å²) in [5, 5.41) is 0. The van der Waals surface area contributed by atoms with Crippen LogP contribution in [0.4, 0.5) is 0 Å². The molecule has 0 saturated heterocycles. The second-order valence-electron chi connectivity index (χ2n) is 5.39. The van der Waals surface area contributed by atoms with E-state index in [1.807, 2.05) is 0 Å². The summed E-state index contributed by atoms with van der Waals surface area (Å²) < 4.78 is 0. The number of hydrogen-bond donors (Lipinski definition) is 0. The van der Waals surface area contributed by atoms with E-state index in [1.54, 1.807) is 0 Å². The highest BCUT2D eigenvalue weighted by Crippen LogP contribution is 2.29. The van der Waals surface area contributed by atoms with E-state index >= 15 is 0 Å². The Labute approximate surface area is 100 Å². The van der Waals surface area contributed by atoms with Crippen molar-refractivity contribution in [3.63, 3.8) is 0 Å². The van der Waals surface area contributed by atoms with E-state index in [2.05, 4.69) is 32.6 Å². The van der Waals surface area contributed by atoms with Crippen LogP contribution in [0.1, 0.15) is 53.4 Å². The topological polar surface area (TPSA) is 20.3 Å². The molecule has 1 aliphatic rings. The highest BCUT2D eigenvalue weighted by molar-refractivity contribution is 5.81. The zero-order chi connectivity index (χ0) is 12.1. The van der Waals surface area contributed by atoms with Crippen LogP contribution in [0.5, 0.6) is 0 Å². The summed E-state index contributed by atoms with van der Waals surface area (Å²) >= 11 is 0. The summed E-state index contributed by atoms with van der Waals surface area (Å²) in [6, 6.07) is 0.555. The van der Waals surface area contributed by atoms with Gasteiger partial charge in [0.15, 0.2) is 0 Å². The van der Waals surface area contributed by atoms with E-state index in [0.717, 1.165) is 38.3 Å². The van der Waals surface area contributed by atoms with Gasteiger partial charge >= 0.3 is 0 Å². The second kappa shape index (κ2) is 6.39. The van der Waals surface area contributed by atoms with Gasteiger partial charge < -0.3 is 4.90 Å². The van der Waals surface area contributed by atoms with Crippen LogP contribution in [-0.4, -0.2) is 29.8 Å². The van der Waals surface area contributed by atoms with E-state index in [-0.39, 0.29) is 0 Å². The normalized spacial score (nSPS) is 26.8. The third-order valence-electron chi connectivity index (χ3n) is 4.04. The molecule has 0 amide bonds. The van der Waals surface area contributed by atoms with Crippen molar-refractivity contribution < 1.29 is 4.79 Å². The maximum Gasteiger partial charge on any atom is 0.137 e. The number of Topliss-reactive ketones (excluding diaryl/α,β-unsaturated/α-hetero) is 1. The Morgan fingerprint density at radius 1 is 1.38 bits per heavy atom. The summed E-state index contributed by atoms with van der Waals surface area (Å²) in [5.74, 6) is 1.60. The molecule has 0 aromatic heterocycles. The number of carbonyl (C=O) groups is 1. The van der Waals surface area contributed by atoms with E-state index < -0.39 is 0 Å². The average molecular weight is 225 g/mol. The Kier molecular flexibility index (Phi) is 5.47. The van der Waals surface area contributed by atoms with Crippen LogP contribution in [0, 0.1) is 11.8 Å². The number of ketones is 1. The van der Waals surface area contributed by atoms with Crippen LogP contribution < -0.4 is 0 Å². The van der Waals surface area contributed by atoms with Gasteiger partial charge in [0.25, 0.3) is 0 Å². The quantitative estimate of drug-likeness (QED) is 0.716. The van der Waals surface area contributed by atoms with Gasteiger partial charge in [-0.3, -0.25) is 4.79 Å². The lowest BCUT2D eigenvalue weighted by atomic mass is 9.79. The van der Waals surface area contributed by atoms with Crippen molar-refractivity contribution in [2.45, 2.75) is 59.4 Å². The molecule has 0 aromatic carbocycles. The summed E-state index contributed by atoms with van der Waals surface area (Å²) in [6.45, 7) is 10.9. The molecule has 0 bridgehead atoms. The molecule has 2 heteroatoms. The maximum absolute atomic E-state index is 11.9. The lowest BCUT2D eigenvalue weighted by Gasteiger charge is -2.33. The molecule has 0 aliphatic heterocycles. The molecule has 0 heterocycles. The molecular weight excluding hydrogens is 198 g/mol. The van der Waals surface area contributed by atoms with E-state index in [1.165, 1.54) is 6.42 Å². The third-order valence-corrected chi connectivity index (χ3v) is 4.04. The Bertz CT molecular complexity index is 225. The number of carbonyl (C=O) groups excluding carboxylic acids is 1. The maximum atomic E-state index is 11.9. The van der Waals surface area contributed by atoms with Gasteiger partial charge in [-0.05, 0) is 39.2 Å². The van der Waals surface area contributed by atoms with Gasteiger partial charge in [0, 0.05) is 24.9 Å². The van der Waals surface area contributed by atoms with Crippen LogP contribution in [0.3, 0.4) is 0 Å². The molecule has 94 valence electrons. The molecule has 0 radical (unpaired) electrons. The lowest BCUT2D eigenvalue weighted by Crippen LogP contribution is -2.40. The molecule has 1 rings (SSSR count). The van der Waals surface area contributed by atoms with Gasteiger partial charge in [0.2, 0.25) is 0 Å². The highest BCUT2D eigenvalue weighted by atomic mass is 16.1. The summed E-state index contributed by atoms with van der Waals surface area (Å²) in [7, 11) is 0. The van der Waals surface area contributed by atoms with E-state index in [0.29, 0.717) is 17.7 Å². The van der Waals surface area contributed by atoms with Crippen LogP contribution in [0.25, 0.3) is 0 Å². The Morgan fingerprint density at radius 2 is 2.06 bits per heavy atom. The number of hydrogen-bond acceptors (Lipinski definition) is 2. The molecule has 2 nitrogen and oxygen atoms in total. The fourth-order valence-corrected chi connectivity index (χ4v) is 2.74. The first kappa shape index (κ1) is 13.7. The van der Waals surface area contributed by atoms with Crippen molar-refractivity contribution in [1.29, 1.82) is 0 Å². The lowest BCUT2D eigenvalue weighted by molar-refractivity contribution is -0.126. The molecule has 1 saturated carbocycles. The Morgan fingerprint density at radius 3 is 2.56 bits per heavy atom. The minimum Gasteiger partial charge on any atom is -0.300 e. The van der Waals surface area contributed by atoms with E-state index in [4.69, 9.17) is 0 Å². The van der Waals surface area contributed by atoms with Crippen LogP contribution in [-0.2, 0) is 4.79 Å². The third kappa shape index (κ3) is 3.58. The zero-order valence-corrected chi connectivity index (χ0v) is 11.3. The predicted octanol–water partition coefficient (Wildman–Crippen LogP) is 3.11. The highest BCUT2D eigenvalue weighted by Gasteiger charge is 2.29. The van der Waals surface area contributed by atoms with Gasteiger partial charge in [0.1, 0.15) is 5.78 Å². The summed E-state index contributed by atoms with van der Waals surface area (Å²) in [5.41, 5.74) is 0. The summed E-state index contributed by atoms with van der Waals surface area (Å²) in [6.07, 6.45) is 4.30. The first-order valence-corrected chi connectivity index (χ1v) is 6.85. The standard InChI is InChI=1S/C14H27NO/c1-5-12-7-8-14(16)13(9-12)10-15(6-2)11(3)4/h11-13H,5-10H2,1-4H3.